The van der Waals surface area contributed by atoms with Gasteiger partial charge in [-0.2, -0.15) is 18.2 Å². The molecular formula is C28H34F3N5O5. The molecule has 0 spiro atoms. The van der Waals surface area contributed by atoms with E-state index in [0.29, 0.717) is 54.1 Å². The molecule has 13 heteroatoms. The molecule has 0 aliphatic carbocycles. The first-order valence-electron chi connectivity index (χ1n) is 13.0. The van der Waals surface area contributed by atoms with Crippen molar-refractivity contribution < 1.29 is 37.6 Å². The van der Waals surface area contributed by atoms with E-state index in [9.17, 15) is 23.4 Å². The third-order valence-corrected chi connectivity index (χ3v) is 6.54. The van der Waals surface area contributed by atoms with Crippen LogP contribution in [0.15, 0.2) is 42.6 Å². The van der Waals surface area contributed by atoms with Crippen LogP contribution in [0.1, 0.15) is 41.3 Å². The molecule has 4 rings (SSSR count). The molecule has 4 N–H and O–H groups in total. The quantitative estimate of drug-likeness (QED) is 0.245. The van der Waals surface area contributed by atoms with Crippen molar-refractivity contribution >= 4 is 11.6 Å². The Morgan fingerprint density at radius 1 is 1.15 bits per heavy atom. The molecule has 1 fully saturated rings. The molecule has 2 heterocycles. The summed E-state index contributed by atoms with van der Waals surface area (Å²) in [5, 5.41) is 26.7. The molecule has 1 saturated heterocycles. The average molecular weight is 578 g/mol. The van der Waals surface area contributed by atoms with Gasteiger partial charge in [-0.25, -0.2) is 4.98 Å². The molecule has 222 valence electrons. The first-order chi connectivity index (χ1) is 19.6. The molecular weight excluding hydrogens is 543 g/mol. The minimum atomic E-state index is -4.79. The van der Waals surface area contributed by atoms with Crippen LogP contribution in [0.5, 0.6) is 17.4 Å². The van der Waals surface area contributed by atoms with Crippen LogP contribution in [0.25, 0.3) is 0 Å². The highest BCUT2D eigenvalue weighted by Crippen LogP contribution is 2.39. The largest absolute Gasteiger partial charge is 0.495 e. The van der Waals surface area contributed by atoms with Gasteiger partial charge in [-0.3, -0.25) is 5.32 Å². The lowest BCUT2D eigenvalue weighted by Crippen LogP contribution is -2.37. The molecule has 1 aliphatic rings. The van der Waals surface area contributed by atoms with Crippen LogP contribution in [0.4, 0.5) is 24.8 Å². The number of hydrogen-bond acceptors (Lipinski definition) is 10. The molecule has 1 unspecified atom stereocenters. The van der Waals surface area contributed by atoms with Gasteiger partial charge in [-0.1, -0.05) is 18.2 Å². The number of aromatic nitrogens is 2. The summed E-state index contributed by atoms with van der Waals surface area (Å²) in [5.41, 5.74) is 0.797. The van der Waals surface area contributed by atoms with Crippen LogP contribution in [-0.4, -0.2) is 65.5 Å². The number of aliphatic hydroxyl groups excluding tert-OH is 2. The van der Waals surface area contributed by atoms with Crippen LogP contribution in [0.2, 0.25) is 0 Å². The summed E-state index contributed by atoms with van der Waals surface area (Å²) in [6.45, 7) is 1.26. The third-order valence-electron chi connectivity index (χ3n) is 6.54. The molecule has 3 aromatic rings. The van der Waals surface area contributed by atoms with Crippen LogP contribution in [-0.2, 0) is 24.1 Å². The number of ether oxygens (including phenoxy) is 3. The van der Waals surface area contributed by atoms with E-state index in [1.165, 1.54) is 13.2 Å². The SMILES string of the molecule is COc1cc(C(O)NC2CCOCC2)ccc1Nc1ncc(C(F)(F)F)c(Oc2cccc(CN(C)C)c2CO)n1. The summed E-state index contributed by atoms with van der Waals surface area (Å²) in [5.74, 6) is -0.525. The molecule has 2 aromatic carbocycles. The zero-order chi connectivity index (χ0) is 29.6. The van der Waals surface area contributed by atoms with Gasteiger partial charge in [0.25, 0.3) is 0 Å². The Morgan fingerprint density at radius 3 is 2.56 bits per heavy atom. The van der Waals surface area contributed by atoms with E-state index in [0.717, 1.165) is 12.8 Å². The van der Waals surface area contributed by atoms with E-state index in [1.807, 2.05) is 19.0 Å². The van der Waals surface area contributed by atoms with Crippen LogP contribution in [0.3, 0.4) is 0 Å². The van der Waals surface area contributed by atoms with E-state index >= 15 is 0 Å². The first-order valence-corrected chi connectivity index (χ1v) is 13.0. The Balaban J connectivity index is 1.60. The van der Waals surface area contributed by atoms with E-state index in [4.69, 9.17) is 14.2 Å². The maximum Gasteiger partial charge on any atom is 0.423 e. The van der Waals surface area contributed by atoms with Gasteiger partial charge in [-0.05, 0) is 56.3 Å². The second-order valence-corrected chi connectivity index (χ2v) is 9.84. The van der Waals surface area contributed by atoms with E-state index in [-0.39, 0.29) is 17.7 Å². The molecule has 41 heavy (non-hydrogen) atoms. The summed E-state index contributed by atoms with van der Waals surface area (Å²) >= 11 is 0. The second-order valence-electron chi connectivity index (χ2n) is 9.84. The van der Waals surface area contributed by atoms with Gasteiger partial charge in [0.2, 0.25) is 11.8 Å². The summed E-state index contributed by atoms with van der Waals surface area (Å²) in [4.78, 5) is 9.73. The number of methoxy groups -OCH3 is 1. The second kappa shape index (κ2) is 13.4. The van der Waals surface area contributed by atoms with Gasteiger partial charge < -0.3 is 34.6 Å². The molecule has 0 saturated carbocycles. The molecule has 1 aromatic heterocycles. The minimum Gasteiger partial charge on any atom is -0.495 e. The van der Waals surface area contributed by atoms with E-state index in [2.05, 4.69) is 20.6 Å². The number of nitrogens with zero attached hydrogens (tertiary/aromatic N) is 3. The van der Waals surface area contributed by atoms with Crippen molar-refractivity contribution in [3.63, 3.8) is 0 Å². The number of halogens is 3. The Hall–Kier alpha value is -3.49. The lowest BCUT2D eigenvalue weighted by molar-refractivity contribution is -0.139. The van der Waals surface area contributed by atoms with Crippen LogP contribution in [0, 0.1) is 0 Å². The van der Waals surface area contributed by atoms with Crippen molar-refractivity contribution in [3.05, 3.63) is 64.8 Å². The lowest BCUT2D eigenvalue weighted by atomic mass is 10.1. The highest BCUT2D eigenvalue weighted by atomic mass is 19.4. The zero-order valence-corrected chi connectivity index (χ0v) is 23.0. The molecule has 1 aliphatic heterocycles. The van der Waals surface area contributed by atoms with Gasteiger partial charge >= 0.3 is 6.18 Å². The summed E-state index contributed by atoms with van der Waals surface area (Å²) < 4.78 is 58.0. The molecule has 10 nitrogen and oxygen atoms in total. The van der Waals surface area contributed by atoms with E-state index < -0.39 is 30.5 Å². The molecule has 1 atom stereocenters. The number of rotatable bonds is 11. The number of benzene rings is 2. The van der Waals surface area contributed by atoms with Crippen molar-refractivity contribution in [1.82, 2.24) is 20.2 Å². The van der Waals surface area contributed by atoms with Gasteiger partial charge in [-0.15, -0.1) is 0 Å². The zero-order valence-electron chi connectivity index (χ0n) is 23.0. The number of hydrogen-bond donors (Lipinski definition) is 4. The number of alkyl halides is 3. The summed E-state index contributed by atoms with van der Waals surface area (Å²) in [6, 6.07) is 9.87. The van der Waals surface area contributed by atoms with Crippen molar-refractivity contribution in [2.45, 2.75) is 44.4 Å². The highest BCUT2D eigenvalue weighted by molar-refractivity contribution is 5.64. The normalized spacial score (nSPS) is 15.1. The van der Waals surface area contributed by atoms with Gasteiger partial charge in [0.15, 0.2) is 0 Å². The average Bonchev–Trinajstić information content (AvgIpc) is 2.93. The van der Waals surface area contributed by atoms with Crippen molar-refractivity contribution in [2.75, 3.05) is 39.7 Å². The number of nitrogens with one attached hydrogen (secondary N) is 2. The monoisotopic (exact) mass is 577 g/mol. The van der Waals surface area contributed by atoms with E-state index in [1.54, 1.807) is 30.3 Å². The Kier molecular flexibility index (Phi) is 9.99. The topological polar surface area (TPSA) is 121 Å². The fourth-order valence-corrected chi connectivity index (χ4v) is 4.46. The van der Waals surface area contributed by atoms with Crippen LogP contribution >= 0.6 is 0 Å². The predicted octanol–water partition coefficient (Wildman–Crippen LogP) is 4.35. The Morgan fingerprint density at radius 2 is 1.90 bits per heavy atom. The third kappa shape index (κ3) is 7.83. The van der Waals surface area contributed by atoms with Gasteiger partial charge in [0.1, 0.15) is 23.3 Å². The van der Waals surface area contributed by atoms with Crippen molar-refractivity contribution in [3.8, 4) is 17.4 Å². The van der Waals surface area contributed by atoms with Crippen molar-refractivity contribution in [2.24, 2.45) is 0 Å². The van der Waals surface area contributed by atoms with Crippen molar-refractivity contribution in [1.29, 1.82) is 0 Å². The van der Waals surface area contributed by atoms with Gasteiger partial charge in [0.05, 0.1) is 19.4 Å². The molecule has 0 radical (unpaired) electrons. The maximum atomic E-state index is 13.9. The van der Waals surface area contributed by atoms with Gasteiger partial charge in [0, 0.05) is 37.6 Å². The lowest BCUT2D eigenvalue weighted by Gasteiger charge is -2.26. The maximum absolute atomic E-state index is 13.9. The fraction of sp³-hybridized carbons (Fsp3) is 0.429. The minimum absolute atomic E-state index is 0.0509. The number of aliphatic hydroxyl groups is 2. The highest BCUT2D eigenvalue weighted by Gasteiger charge is 2.37. The summed E-state index contributed by atoms with van der Waals surface area (Å²) in [7, 11) is 5.11. The Labute approximate surface area is 236 Å². The number of anilines is 2. The smallest absolute Gasteiger partial charge is 0.423 e. The Bertz CT molecular complexity index is 1320. The standard InChI is InChI=1S/C28H34F3N5O5/c1-36(2)15-18-5-4-6-23(20(18)16-37)41-26-21(28(29,30)31)14-32-27(35-26)34-22-8-7-17(13-24(22)39-3)25(38)33-19-9-11-40-12-10-19/h4-8,13-14,19,25,33,37-38H,9-12,15-16H2,1-3H3,(H,32,34,35). The van der Waals surface area contributed by atoms with Crippen LogP contribution < -0.4 is 20.1 Å². The first kappa shape index (κ1) is 30.5. The summed E-state index contributed by atoms with van der Waals surface area (Å²) in [6.07, 6.45) is -3.55. The predicted molar refractivity (Wildman–Crippen MR) is 145 cm³/mol. The molecule has 0 bridgehead atoms. The fourth-order valence-electron chi connectivity index (χ4n) is 4.46. The molecule has 0 amide bonds.